The van der Waals surface area contributed by atoms with Crippen LogP contribution in [0.3, 0.4) is 0 Å². The van der Waals surface area contributed by atoms with E-state index in [0.717, 1.165) is 6.54 Å². The first-order valence-corrected chi connectivity index (χ1v) is 8.31. The van der Waals surface area contributed by atoms with Crippen LogP contribution >= 0.6 is 15.9 Å². The fourth-order valence-electron chi connectivity index (χ4n) is 2.05. The Morgan fingerprint density at radius 2 is 2.05 bits per heavy atom. The number of nitro groups is 1. The summed E-state index contributed by atoms with van der Waals surface area (Å²) in [6.45, 7) is 1.96. The van der Waals surface area contributed by atoms with Gasteiger partial charge in [-0.1, -0.05) is 15.9 Å². The Morgan fingerprint density at radius 3 is 2.75 bits per heavy atom. The summed E-state index contributed by atoms with van der Waals surface area (Å²) in [4.78, 5) is 10.1. The molecule has 0 aliphatic carbocycles. The van der Waals surface area contributed by atoms with Crippen LogP contribution in [0.15, 0.2) is 27.6 Å². The molecule has 1 aromatic rings. The van der Waals surface area contributed by atoms with Crippen molar-refractivity contribution in [2.45, 2.75) is 11.3 Å². The molecule has 1 saturated heterocycles. The molecule has 0 amide bonds. The van der Waals surface area contributed by atoms with Crippen LogP contribution in [0.4, 0.5) is 5.69 Å². The second kappa shape index (κ2) is 6.17. The molecular formula is C11H14BrN3O4S. The predicted octanol–water partition coefficient (Wildman–Crippen LogP) is 1.34. The second-order valence-electron chi connectivity index (χ2n) is 4.38. The highest BCUT2D eigenvalue weighted by atomic mass is 79.9. The minimum atomic E-state index is -3.86. The average molecular weight is 364 g/mol. The van der Waals surface area contributed by atoms with Gasteiger partial charge in [0.25, 0.3) is 5.69 Å². The zero-order chi connectivity index (χ0) is 14.8. The van der Waals surface area contributed by atoms with Crippen LogP contribution in [0.2, 0.25) is 0 Å². The van der Waals surface area contributed by atoms with Crippen molar-refractivity contribution in [3.63, 3.8) is 0 Å². The Labute approximate surface area is 125 Å². The Balaban J connectivity index is 2.47. The fraction of sp³-hybridized carbons (Fsp3) is 0.455. The van der Waals surface area contributed by atoms with Gasteiger partial charge in [-0.15, -0.1) is 0 Å². The van der Waals surface area contributed by atoms with Gasteiger partial charge < -0.3 is 5.32 Å². The zero-order valence-electron chi connectivity index (χ0n) is 10.6. The largest absolute Gasteiger partial charge is 0.315 e. The van der Waals surface area contributed by atoms with Crippen LogP contribution in [0.5, 0.6) is 0 Å². The molecule has 0 bridgehead atoms. The van der Waals surface area contributed by atoms with E-state index in [1.807, 2.05) is 0 Å². The number of hydrogen-bond acceptors (Lipinski definition) is 5. The number of halogens is 1. The number of benzene rings is 1. The smallest absolute Gasteiger partial charge is 0.289 e. The average Bonchev–Trinajstić information content (AvgIpc) is 2.67. The van der Waals surface area contributed by atoms with Gasteiger partial charge in [0.1, 0.15) is 0 Å². The van der Waals surface area contributed by atoms with Gasteiger partial charge in [0.15, 0.2) is 4.90 Å². The van der Waals surface area contributed by atoms with Gasteiger partial charge in [0.2, 0.25) is 10.0 Å². The van der Waals surface area contributed by atoms with E-state index in [2.05, 4.69) is 21.2 Å². The molecule has 9 heteroatoms. The highest BCUT2D eigenvalue weighted by Gasteiger charge is 2.32. The number of rotatable bonds is 3. The van der Waals surface area contributed by atoms with Crippen molar-refractivity contribution in [3.05, 3.63) is 32.8 Å². The molecule has 7 nitrogen and oxygen atoms in total. The number of nitrogens with one attached hydrogen (secondary N) is 1. The van der Waals surface area contributed by atoms with E-state index >= 15 is 0 Å². The monoisotopic (exact) mass is 363 g/mol. The highest BCUT2D eigenvalue weighted by Crippen LogP contribution is 2.29. The lowest BCUT2D eigenvalue weighted by Gasteiger charge is -2.19. The fourth-order valence-corrected chi connectivity index (χ4v) is 4.22. The lowest BCUT2D eigenvalue weighted by molar-refractivity contribution is -0.387. The van der Waals surface area contributed by atoms with Crippen molar-refractivity contribution >= 4 is 31.6 Å². The molecule has 20 heavy (non-hydrogen) atoms. The summed E-state index contributed by atoms with van der Waals surface area (Å²) in [5.74, 6) is 0. The topological polar surface area (TPSA) is 92.5 Å². The normalized spacial score (nSPS) is 17.6. The first kappa shape index (κ1) is 15.4. The third-order valence-electron chi connectivity index (χ3n) is 3.04. The first-order valence-electron chi connectivity index (χ1n) is 6.08. The summed E-state index contributed by atoms with van der Waals surface area (Å²) >= 11 is 3.16. The minimum absolute atomic E-state index is 0.265. The Hall–Kier alpha value is -1.03. The summed E-state index contributed by atoms with van der Waals surface area (Å²) in [5.41, 5.74) is -0.398. The first-order chi connectivity index (χ1) is 9.43. The number of nitrogens with zero attached hydrogens (tertiary/aromatic N) is 2. The molecule has 0 unspecified atom stereocenters. The highest BCUT2D eigenvalue weighted by molar-refractivity contribution is 9.10. The quantitative estimate of drug-likeness (QED) is 0.646. The molecule has 1 aromatic carbocycles. The van der Waals surface area contributed by atoms with E-state index in [9.17, 15) is 18.5 Å². The van der Waals surface area contributed by atoms with E-state index in [1.54, 1.807) is 0 Å². The third-order valence-corrected chi connectivity index (χ3v) is 5.46. The summed E-state index contributed by atoms with van der Waals surface area (Å²) in [5, 5.41) is 14.1. The molecule has 110 valence electrons. The van der Waals surface area contributed by atoms with Crippen molar-refractivity contribution in [1.82, 2.24) is 9.62 Å². The van der Waals surface area contributed by atoms with Crippen LogP contribution in [0.1, 0.15) is 6.42 Å². The van der Waals surface area contributed by atoms with Crippen molar-refractivity contribution in [2.75, 3.05) is 26.2 Å². The van der Waals surface area contributed by atoms with Crippen molar-refractivity contribution < 1.29 is 13.3 Å². The third kappa shape index (κ3) is 3.17. The number of hydrogen-bond donors (Lipinski definition) is 1. The maximum atomic E-state index is 12.6. The number of sulfonamides is 1. The van der Waals surface area contributed by atoms with Gasteiger partial charge in [-0.2, -0.15) is 4.31 Å². The SMILES string of the molecule is O=[N+]([O-])c1ccc(Br)cc1S(=O)(=O)N1CCCNCC1. The van der Waals surface area contributed by atoms with Crippen LogP contribution in [0.25, 0.3) is 0 Å². The van der Waals surface area contributed by atoms with E-state index in [-0.39, 0.29) is 4.90 Å². The Kier molecular flexibility index (Phi) is 4.74. The number of nitro benzene ring substituents is 1. The Bertz CT molecular complexity index is 612. The zero-order valence-corrected chi connectivity index (χ0v) is 13.0. The van der Waals surface area contributed by atoms with Gasteiger partial charge in [0.05, 0.1) is 4.92 Å². The molecular weight excluding hydrogens is 350 g/mol. The summed E-state index contributed by atoms with van der Waals surface area (Å²) in [6, 6.07) is 3.94. The lowest BCUT2D eigenvalue weighted by Crippen LogP contribution is -2.34. The van der Waals surface area contributed by atoms with Gasteiger partial charge in [-0.05, 0) is 25.1 Å². The van der Waals surface area contributed by atoms with Crippen LogP contribution in [-0.2, 0) is 10.0 Å². The lowest BCUT2D eigenvalue weighted by atomic mass is 10.3. The second-order valence-corrected chi connectivity index (χ2v) is 7.20. The van der Waals surface area contributed by atoms with Crippen molar-refractivity contribution in [2.24, 2.45) is 0 Å². The minimum Gasteiger partial charge on any atom is -0.315 e. The van der Waals surface area contributed by atoms with Gasteiger partial charge in [-0.3, -0.25) is 10.1 Å². The molecule has 0 spiro atoms. The van der Waals surface area contributed by atoms with Crippen LogP contribution < -0.4 is 5.32 Å². The molecule has 2 rings (SSSR count). The van der Waals surface area contributed by atoms with Crippen molar-refractivity contribution in [3.8, 4) is 0 Å². The molecule has 1 fully saturated rings. The molecule has 0 atom stereocenters. The predicted molar refractivity (Wildman–Crippen MR) is 77.0 cm³/mol. The Morgan fingerprint density at radius 1 is 1.30 bits per heavy atom. The van der Waals surface area contributed by atoms with Crippen molar-refractivity contribution in [1.29, 1.82) is 0 Å². The maximum absolute atomic E-state index is 12.6. The molecule has 1 aliphatic heterocycles. The standard InChI is InChI=1S/C11H14BrN3O4S/c12-9-2-3-10(15(16)17)11(8-9)20(18,19)14-6-1-4-13-5-7-14/h2-3,8,13H,1,4-7H2. The van der Waals surface area contributed by atoms with Gasteiger partial charge in [-0.25, -0.2) is 8.42 Å². The van der Waals surface area contributed by atoms with Crippen LogP contribution in [0, 0.1) is 10.1 Å². The molecule has 1 heterocycles. The molecule has 0 radical (unpaired) electrons. The molecule has 1 aliphatic rings. The summed E-state index contributed by atoms with van der Waals surface area (Å²) in [7, 11) is -3.86. The summed E-state index contributed by atoms with van der Waals surface area (Å²) < 4.78 is 27.0. The van der Waals surface area contributed by atoms with E-state index in [4.69, 9.17) is 0 Å². The maximum Gasteiger partial charge on any atom is 0.289 e. The van der Waals surface area contributed by atoms with E-state index < -0.39 is 20.6 Å². The van der Waals surface area contributed by atoms with E-state index in [0.29, 0.717) is 30.5 Å². The molecule has 1 N–H and O–H groups in total. The van der Waals surface area contributed by atoms with E-state index in [1.165, 1.54) is 22.5 Å². The van der Waals surface area contributed by atoms with Gasteiger partial charge in [0, 0.05) is 30.2 Å². The molecule has 0 aromatic heterocycles. The van der Waals surface area contributed by atoms with Gasteiger partial charge >= 0.3 is 0 Å². The molecule has 0 saturated carbocycles. The summed E-state index contributed by atoms with van der Waals surface area (Å²) in [6.07, 6.45) is 0.682. The van der Waals surface area contributed by atoms with Crippen LogP contribution in [-0.4, -0.2) is 43.8 Å².